The summed E-state index contributed by atoms with van der Waals surface area (Å²) in [6.07, 6.45) is -5.81. The van der Waals surface area contributed by atoms with Crippen molar-refractivity contribution in [2.45, 2.75) is 6.18 Å². The van der Waals surface area contributed by atoms with Crippen LogP contribution in [0.3, 0.4) is 0 Å². The van der Waals surface area contributed by atoms with Crippen molar-refractivity contribution < 1.29 is 27.5 Å². The van der Waals surface area contributed by atoms with Crippen LogP contribution in [0.15, 0.2) is 30.3 Å². The van der Waals surface area contributed by atoms with Crippen molar-refractivity contribution in [2.75, 3.05) is 25.5 Å². The zero-order valence-electron chi connectivity index (χ0n) is 10.6. The molecule has 0 heterocycles. The second-order valence-electron chi connectivity index (χ2n) is 3.94. The van der Waals surface area contributed by atoms with Gasteiger partial charge in [-0.1, -0.05) is 18.2 Å². The molecule has 0 saturated carbocycles. The maximum absolute atomic E-state index is 11.9. The third-order valence-corrected chi connectivity index (χ3v) is 2.11. The Balaban J connectivity index is 2.39. The summed E-state index contributed by atoms with van der Waals surface area (Å²) in [4.78, 5) is 23.5. The lowest BCUT2D eigenvalue weighted by molar-refractivity contribution is -0.162. The number of alkyl halides is 3. The summed E-state index contributed by atoms with van der Waals surface area (Å²) >= 11 is 0. The molecular weight excluding hydrogens is 277 g/mol. The minimum atomic E-state index is -4.59. The van der Waals surface area contributed by atoms with Gasteiger partial charge in [0.15, 0.2) is 6.61 Å². The van der Waals surface area contributed by atoms with Crippen LogP contribution in [0.4, 0.5) is 23.7 Å². The Kier molecular flexibility index (Phi) is 5.36. The number of nitrogens with zero attached hydrogens (tertiary/aromatic N) is 1. The van der Waals surface area contributed by atoms with Gasteiger partial charge in [-0.05, 0) is 12.1 Å². The average molecular weight is 290 g/mol. The summed E-state index contributed by atoms with van der Waals surface area (Å²) in [7, 11) is 1.17. The van der Waals surface area contributed by atoms with Gasteiger partial charge in [-0.15, -0.1) is 0 Å². The highest BCUT2D eigenvalue weighted by atomic mass is 19.4. The van der Waals surface area contributed by atoms with E-state index in [-0.39, 0.29) is 0 Å². The summed E-state index contributed by atoms with van der Waals surface area (Å²) < 4.78 is 39.6. The Labute approximate surface area is 113 Å². The van der Waals surface area contributed by atoms with E-state index in [0.29, 0.717) is 5.69 Å². The van der Waals surface area contributed by atoms with E-state index >= 15 is 0 Å². The number of halogens is 3. The molecule has 0 spiro atoms. The molecule has 5 nitrogen and oxygen atoms in total. The zero-order valence-corrected chi connectivity index (χ0v) is 10.6. The number of hydrogen-bond acceptors (Lipinski definition) is 3. The standard InChI is InChI=1S/C12H13F3N2O3/c1-17(11(19)20-8-12(13,14)15)7-10(18)16-9-5-3-2-4-6-9/h2-6H,7-8H2,1H3,(H,16,18). The van der Waals surface area contributed by atoms with Crippen LogP contribution in [-0.4, -0.2) is 43.3 Å². The van der Waals surface area contributed by atoms with E-state index in [1.165, 1.54) is 7.05 Å². The van der Waals surface area contributed by atoms with Crippen LogP contribution in [0.5, 0.6) is 0 Å². The van der Waals surface area contributed by atoms with E-state index in [1.807, 2.05) is 0 Å². The minimum Gasteiger partial charge on any atom is -0.440 e. The summed E-state index contributed by atoms with van der Waals surface area (Å²) in [5, 5.41) is 2.49. The molecule has 1 aromatic carbocycles. The van der Waals surface area contributed by atoms with Crippen molar-refractivity contribution in [3.63, 3.8) is 0 Å². The van der Waals surface area contributed by atoms with Gasteiger partial charge in [0.2, 0.25) is 5.91 Å². The van der Waals surface area contributed by atoms with Crippen molar-refractivity contribution in [3.05, 3.63) is 30.3 Å². The van der Waals surface area contributed by atoms with Crippen LogP contribution in [-0.2, 0) is 9.53 Å². The molecule has 0 aliphatic rings. The van der Waals surface area contributed by atoms with E-state index in [9.17, 15) is 22.8 Å². The predicted octanol–water partition coefficient (Wildman–Crippen LogP) is 2.26. The largest absolute Gasteiger partial charge is 0.440 e. The first kappa shape index (κ1) is 15.8. The minimum absolute atomic E-state index is 0.411. The molecule has 0 radical (unpaired) electrons. The van der Waals surface area contributed by atoms with E-state index in [4.69, 9.17) is 0 Å². The molecule has 0 saturated heterocycles. The Morgan fingerprint density at radius 2 is 1.85 bits per heavy atom. The third-order valence-electron chi connectivity index (χ3n) is 2.11. The number of benzene rings is 1. The molecular formula is C12H13F3N2O3. The quantitative estimate of drug-likeness (QED) is 0.925. The number of likely N-dealkylation sites (N-methyl/N-ethyl adjacent to an activating group) is 1. The van der Waals surface area contributed by atoms with Gasteiger partial charge in [-0.2, -0.15) is 13.2 Å². The number of carbonyl (C=O) groups is 2. The number of amides is 2. The van der Waals surface area contributed by atoms with Gasteiger partial charge in [0.1, 0.15) is 6.54 Å². The van der Waals surface area contributed by atoms with Crippen LogP contribution < -0.4 is 5.32 Å². The van der Waals surface area contributed by atoms with E-state index < -0.39 is 31.3 Å². The number of anilines is 1. The number of para-hydroxylation sites is 1. The highest BCUT2D eigenvalue weighted by Crippen LogP contribution is 2.14. The number of nitrogens with one attached hydrogen (secondary N) is 1. The highest BCUT2D eigenvalue weighted by molar-refractivity contribution is 5.93. The Hall–Kier alpha value is -2.25. The van der Waals surface area contributed by atoms with Crippen LogP contribution in [0.2, 0.25) is 0 Å². The molecule has 20 heavy (non-hydrogen) atoms. The number of ether oxygens (including phenoxy) is 1. The Bertz CT molecular complexity index is 463. The van der Waals surface area contributed by atoms with Gasteiger partial charge in [0, 0.05) is 12.7 Å². The van der Waals surface area contributed by atoms with E-state index in [0.717, 1.165) is 4.90 Å². The lowest BCUT2D eigenvalue weighted by Gasteiger charge is -2.17. The first-order valence-electron chi connectivity index (χ1n) is 5.57. The molecule has 0 aromatic heterocycles. The first-order chi connectivity index (χ1) is 9.28. The molecule has 0 fully saturated rings. The lowest BCUT2D eigenvalue weighted by Crippen LogP contribution is -2.36. The summed E-state index contributed by atoms with van der Waals surface area (Å²) in [6, 6.07) is 8.45. The smallest absolute Gasteiger partial charge is 0.422 e. The van der Waals surface area contributed by atoms with Crippen LogP contribution in [0.1, 0.15) is 0 Å². The molecule has 8 heteroatoms. The lowest BCUT2D eigenvalue weighted by atomic mass is 10.3. The SMILES string of the molecule is CN(CC(=O)Nc1ccccc1)C(=O)OCC(F)(F)F. The molecule has 0 atom stereocenters. The van der Waals surface area contributed by atoms with Gasteiger partial charge in [-0.3, -0.25) is 4.79 Å². The van der Waals surface area contributed by atoms with E-state index in [2.05, 4.69) is 10.1 Å². The monoisotopic (exact) mass is 290 g/mol. The van der Waals surface area contributed by atoms with Gasteiger partial charge in [-0.25, -0.2) is 4.79 Å². The second kappa shape index (κ2) is 6.78. The van der Waals surface area contributed by atoms with Gasteiger partial charge in [0.25, 0.3) is 0 Å². The van der Waals surface area contributed by atoms with Crippen LogP contribution >= 0.6 is 0 Å². The Morgan fingerprint density at radius 3 is 2.40 bits per heavy atom. The van der Waals surface area contributed by atoms with E-state index in [1.54, 1.807) is 30.3 Å². The average Bonchev–Trinajstić information content (AvgIpc) is 2.36. The first-order valence-corrected chi connectivity index (χ1v) is 5.57. The topological polar surface area (TPSA) is 58.6 Å². The van der Waals surface area contributed by atoms with Gasteiger partial charge in [0.05, 0.1) is 0 Å². The third kappa shape index (κ3) is 6.07. The summed E-state index contributed by atoms with van der Waals surface area (Å²) in [5.41, 5.74) is 0.523. The number of carbonyl (C=O) groups excluding carboxylic acids is 2. The second-order valence-corrected chi connectivity index (χ2v) is 3.94. The normalized spacial score (nSPS) is 10.8. The molecule has 110 valence electrons. The summed E-state index contributed by atoms with van der Waals surface area (Å²) in [5.74, 6) is -0.539. The Morgan fingerprint density at radius 1 is 1.25 bits per heavy atom. The summed E-state index contributed by atoms with van der Waals surface area (Å²) in [6.45, 7) is -2.10. The van der Waals surface area contributed by atoms with Gasteiger partial charge >= 0.3 is 12.3 Å². The van der Waals surface area contributed by atoms with Crippen molar-refractivity contribution in [2.24, 2.45) is 0 Å². The molecule has 1 N–H and O–H groups in total. The molecule has 0 aliphatic heterocycles. The predicted molar refractivity (Wildman–Crippen MR) is 65.1 cm³/mol. The van der Waals surface area contributed by atoms with Crippen LogP contribution in [0, 0.1) is 0 Å². The van der Waals surface area contributed by atoms with Crippen molar-refractivity contribution in [1.29, 1.82) is 0 Å². The van der Waals surface area contributed by atoms with Gasteiger partial charge < -0.3 is 15.0 Å². The molecule has 1 rings (SSSR count). The molecule has 2 amide bonds. The maximum Gasteiger partial charge on any atom is 0.422 e. The fourth-order valence-electron chi connectivity index (χ4n) is 1.26. The fourth-order valence-corrected chi connectivity index (χ4v) is 1.26. The van der Waals surface area contributed by atoms with Crippen LogP contribution in [0.25, 0.3) is 0 Å². The maximum atomic E-state index is 11.9. The molecule has 0 aliphatic carbocycles. The van der Waals surface area contributed by atoms with Crippen molar-refractivity contribution in [1.82, 2.24) is 4.90 Å². The molecule has 0 bridgehead atoms. The highest BCUT2D eigenvalue weighted by Gasteiger charge is 2.30. The zero-order chi connectivity index (χ0) is 15.2. The molecule has 0 unspecified atom stereocenters. The fraction of sp³-hybridized carbons (Fsp3) is 0.333. The molecule has 1 aromatic rings. The number of rotatable bonds is 4. The van der Waals surface area contributed by atoms with Crippen molar-refractivity contribution >= 4 is 17.7 Å². The number of hydrogen-bond donors (Lipinski definition) is 1. The van der Waals surface area contributed by atoms with Crippen molar-refractivity contribution in [3.8, 4) is 0 Å².